The van der Waals surface area contributed by atoms with Gasteiger partial charge < -0.3 is 33.5 Å². The summed E-state index contributed by atoms with van der Waals surface area (Å²) in [5.41, 5.74) is -1.43. The van der Waals surface area contributed by atoms with E-state index in [1.807, 2.05) is 0 Å². The molecular weight excluding hydrogens is 845 g/mol. The Balaban J connectivity index is 4.85. The normalized spacial score (nSPS) is 11.6. The molecule has 0 unspecified atom stereocenters. The van der Waals surface area contributed by atoms with Crippen LogP contribution in [0.4, 0.5) is 0 Å². The van der Waals surface area contributed by atoms with Crippen LogP contribution in [0.25, 0.3) is 0 Å². The van der Waals surface area contributed by atoms with E-state index in [4.69, 9.17) is 28.4 Å². The molecular formula is C53H90O13. The van der Waals surface area contributed by atoms with Crippen molar-refractivity contribution in [3.8, 4) is 0 Å². The number of hydrogen-bond donors (Lipinski definition) is 1. The van der Waals surface area contributed by atoms with Crippen LogP contribution >= 0.6 is 0 Å². The third-order valence-electron chi connectivity index (χ3n) is 10.7. The van der Waals surface area contributed by atoms with E-state index in [0.717, 1.165) is 57.8 Å². The lowest BCUT2D eigenvalue weighted by molar-refractivity contribution is -0.166. The largest absolute Gasteiger partial charge is 0.466 e. The van der Waals surface area contributed by atoms with Gasteiger partial charge in [0.25, 0.3) is 0 Å². The lowest BCUT2D eigenvalue weighted by Crippen LogP contribution is -2.42. The molecule has 13 heteroatoms. The Morgan fingerprint density at radius 1 is 0.333 bits per heavy atom. The average Bonchev–Trinajstić information content (AvgIpc) is 3.31. The van der Waals surface area contributed by atoms with E-state index in [1.54, 1.807) is 0 Å². The van der Waals surface area contributed by atoms with Gasteiger partial charge in [0.2, 0.25) is 0 Å². The zero-order valence-electron chi connectivity index (χ0n) is 41.5. The molecule has 13 nitrogen and oxygen atoms in total. The molecule has 0 heterocycles. The van der Waals surface area contributed by atoms with Crippen molar-refractivity contribution in [1.29, 1.82) is 0 Å². The Hall–Kier alpha value is -4.00. The molecule has 0 aliphatic heterocycles. The third-order valence-corrected chi connectivity index (χ3v) is 10.7. The van der Waals surface area contributed by atoms with E-state index in [9.17, 15) is 33.9 Å². The van der Waals surface area contributed by atoms with Crippen LogP contribution in [0.3, 0.4) is 0 Å². The van der Waals surface area contributed by atoms with Crippen LogP contribution in [-0.4, -0.2) is 87.2 Å². The first-order chi connectivity index (χ1) is 32.1. The first kappa shape index (κ1) is 62.0. The number of rotatable bonds is 46. The minimum Gasteiger partial charge on any atom is -0.466 e. The summed E-state index contributed by atoms with van der Waals surface area (Å²) in [6.07, 6.45) is 34.6. The molecule has 0 atom stereocenters. The van der Waals surface area contributed by atoms with Crippen LogP contribution in [-0.2, 0) is 57.2 Å². The second kappa shape index (κ2) is 46.1. The van der Waals surface area contributed by atoms with Gasteiger partial charge >= 0.3 is 35.8 Å². The number of unbranched alkanes of at least 4 members (excludes halogenated alkanes) is 15. The molecule has 0 saturated heterocycles. The maximum absolute atomic E-state index is 12.7. The van der Waals surface area contributed by atoms with Crippen molar-refractivity contribution in [3.63, 3.8) is 0 Å². The Morgan fingerprint density at radius 2 is 0.561 bits per heavy atom. The van der Waals surface area contributed by atoms with Crippen molar-refractivity contribution in [2.75, 3.05) is 46.2 Å². The Morgan fingerprint density at radius 3 is 0.788 bits per heavy atom. The molecule has 380 valence electrons. The summed E-state index contributed by atoms with van der Waals surface area (Å²) >= 11 is 0. The number of aliphatic hydroxyl groups is 1. The van der Waals surface area contributed by atoms with Gasteiger partial charge in [-0.3, -0.25) is 28.8 Å². The lowest BCUT2D eigenvalue weighted by Gasteiger charge is -2.30. The summed E-state index contributed by atoms with van der Waals surface area (Å²) < 4.78 is 32.4. The van der Waals surface area contributed by atoms with Gasteiger partial charge in [-0.15, -0.1) is 0 Å². The zero-order chi connectivity index (χ0) is 48.6. The Kier molecular flexibility index (Phi) is 43.3. The predicted molar refractivity (Wildman–Crippen MR) is 258 cm³/mol. The number of hydrogen-bond acceptors (Lipinski definition) is 13. The number of esters is 6. The first-order valence-corrected chi connectivity index (χ1v) is 25.6. The summed E-state index contributed by atoms with van der Waals surface area (Å²) in [7, 11) is 0. The fourth-order valence-corrected chi connectivity index (χ4v) is 6.42. The molecule has 0 spiro atoms. The van der Waals surface area contributed by atoms with Gasteiger partial charge in [-0.1, -0.05) is 95.8 Å². The summed E-state index contributed by atoms with van der Waals surface area (Å²) in [4.78, 5) is 74.6. The molecule has 0 bridgehead atoms. The first-order valence-electron chi connectivity index (χ1n) is 25.6. The maximum Gasteiger partial charge on any atom is 0.305 e. The third kappa shape index (κ3) is 41.4. The van der Waals surface area contributed by atoms with Crippen molar-refractivity contribution in [2.45, 2.75) is 213 Å². The summed E-state index contributed by atoms with van der Waals surface area (Å²) in [6, 6.07) is 0. The standard InChI is InChI=1S/C53H90O13/c1-4-7-10-13-16-19-22-31-40-61-47(55)34-25-28-37-50(58)64-44-53(43-54,45-65-51(59)38-29-26-35-48(56)62-41-32-23-20-17-14-11-8-5-2)46-66-52(60)39-30-27-36-49(57)63-42-33-24-21-18-15-12-9-6-3/h16-21,54H,4-15,22-46H2,1-3H3/b19-16-,20-17-,21-18-. The van der Waals surface area contributed by atoms with Gasteiger partial charge in [0.15, 0.2) is 0 Å². The summed E-state index contributed by atoms with van der Waals surface area (Å²) in [5, 5.41) is 10.5. The monoisotopic (exact) mass is 935 g/mol. The second-order valence-electron chi connectivity index (χ2n) is 17.3. The number of carbonyl (C=O) groups is 6. The lowest BCUT2D eigenvalue weighted by atomic mass is 9.92. The summed E-state index contributed by atoms with van der Waals surface area (Å²) in [6.45, 7) is 5.77. The average molecular weight is 935 g/mol. The van der Waals surface area contributed by atoms with Crippen molar-refractivity contribution in [1.82, 2.24) is 0 Å². The van der Waals surface area contributed by atoms with E-state index in [2.05, 4.69) is 57.2 Å². The molecule has 0 amide bonds. The highest BCUT2D eigenvalue weighted by atomic mass is 16.6. The van der Waals surface area contributed by atoms with Gasteiger partial charge in [0, 0.05) is 38.5 Å². The van der Waals surface area contributed by atoms with E-state index >= 15 is 0 Å². The van der Waals surface area contributed by atoms with Crippen molar-refractivity contribution in [3.05, 3.63) is 36.5 Å². The minimum atomic E-state index is -1.43. The zero-order valence-corrected chi connectivity index (χ0v) is 41.5. The molecule has 0 aliphatic carbocycles. The van der Waals surface area contributed by atoms with E-state index in [-0.39, 0.29) is 76.3 Å². The fourth-order valence-electron chi connectivity index (χ4n) is 6.42. The highest BCUT2D eigenvalue weighted by molar-refractivity contribution is 5.72. The second-order valence-corrected chi connectivity index (χ2v) is 17.3. The van der Waals surface area contributed by atoms with Gasteiger partial charge in [0.05, 0.1) is 31.8 Å². The molecule has 0 aromatic rings. The molecule has 0 rings (SSSR count). The minimum absolute atomic E-state index is 0.00834. The molecule has 1 N–H and O–H groups in total. The van der Waals surface area contributed by atoms with E-state index in [1.165, 1.54) is 57.8 Å². The predicted octanol–water partition coefficient (Wildman–Crippen LogP) is 11.7. The van der Waals surface area contributed by atoms with Crippen LogP contribution in [0.2, 0.25) is 0 Å². The fraction of sp³-hybridized carbons (Fsp3) is 0.774. The quantitative estimate of drug-likeness (QED) is 0.0264. The summed E-state index contributed by atoms with van der Waals surface area (Å²) in [5.74, 6) is -2.71. The van der Waals surface area contributed by atoms with Crippen LogP contribution < -0.4 is 0 Å². The van der Waals surface area contributed by atoms with Crippen LogP contribution in [0.15, 0.2) is 36.5 Å². The Labute approximate surface area is 398 Å². The Bertz CT molecular complexity index is 1180. The van der Waals surface area contributed by atoms with Crippen molar-refractivity contribution < 1.29 is 62.3 Å². The highest BCUT2D eigenvalue weighted by Gasteiger charge is 2.35. The smallest absolute Gasteiger partial charge is 0.305 e. The van der Waals surface area contributed by atoms with E-state index in [0.29, 0.717) is 58.3 Å². The molecule has 0 aromatic heterocycles. The van der Waals surface area contributed by atoms with Crippen LogP contribution in [0, 0.1) is 5.41 Å². The van der Waals surface area contributed by atoms with Crippen molar-refractivity contribution >= 4 is 35.8 Å². The number of ether oxygens (including phenoxy) is 6. The molecule has 0 aliphatic rings. The highest BCUT2D eigenvalue weighted by Crippen LogP contribution is 2.21. The van der Waals surface area contributed by atoms with Crippen LogP contribution in [0.5, 0.6) is 0 Å². The van der Waals surface area contributed by atoms with Crippen LogP contribution in [0.1, 0.15) is 213 Å². The van der Waals surface area contributed by atoms with Gasteiger partial charge in [-0.2, -0.15) is 0 Å². The topological polar surface area (TPSA) is 178 Å². The van der Waals surface area contributed by atoms with Crippen molar-refractivity contribution in [2.24, 2.45) is 5.41 Å². The molecule has 0 fully saturated rings. The number of aliphatic hydroxyl groups excluding tert-OH is 1. The van der Waals surface area contributed by atoms with Gasteiger partial charge in [0.1, 0.15) is 19.8 Å². The van der Waals surface area contributed by atoms with Gasteiger partial charge in [-0.25, -0.2) is 0 Å². The maximum atomic E-state index is 12.7. The molecule has 0 aromatic carbocycles. The molecule has 0 radical (unpaired) electrons. The SMILES string of the molecule is CCCCC/C=C\CCCOC(=O)CCCCC(=O)OCC(CO)(COC(=O)CCCCC(=O)OCCC/C=C\CCCCC)COC(=O)CCCCC(=O)OCCC/C=C\CCCCC. The molecule has 66 heavy (non-hydrogen) atoms. The van der Waals surface area contributed by atoms with E-state index < -0.39 is 29.9 Å². The molecule has 0 saturated carbocycles. The number of allylic oxidation sites excluding steroid dienone is 6. The van der Waals surface area contributed by atoms with Gasteiger partial charge in [-0.05, 0) is 116 Å². The number of carbonyl (C=O) groups excluding carboxylic acids is 6.